The number of unbranched alkanes of at least 4 members (excludes halogenated alkanes) is 20. The van der Waals surface area contributed by atoms with Gasteiger partial charge in [0.05, 0.1) is 0 Å². The van der Waals surface area contributed by atoms with Gasteiger partial charge >= 0.3 is 17.9 Å². The second kappa shape index (κ2) is 52.9. The molecular formula is C59H98O6. The van der Waals surface area contributed by atoms with Gasteiger partial charge < -0.3 is 14.2 Å². The van der Waals surface area contributed by atoms with E-state index in [0.29, 0.717) is 19.3 Å². The Morgan fingerprint density at radius 1 is 0.323 bits per heavy atom. The number of carbonyl (C=O) groups is 3. The lowest BCUT2D eigenvalue weighted by molar-refractivity contribution is -0.167. The number of esters is 3. The van der Waals surface area contributed by atoms with Crippen LogP contribution in [-0.2, 0) is 28.6 Å². The summed E-state index contributed by atoms with van der Waals surface area (Å²) in [6.45, 7) is 6.43. The number of carbonyl (C=O) groups excluding carboxylic acids is 3. The second-order valence-corrected chi connectivity index (χ2v) is 17.4. The molecule has 0 unspecified atom stereocenters. The number of ether oxygens (including phenoxy) is 3. The van der Waals surface area contributed by atoms with Crippen LogP contribution in [0.15, 0.2) is 97.2 Å². The van der Waals surface area contributed by atoms with Crippen LogP contribution in [0.4, 0.5) is 0 Å². The van der Waals surface area contributed by atoms with Crippen LogP contribution in [0.3, 0.4) is 0 Å². The van der Waals surface area contributed by atoms with Gasteiger partial charge in [0, 0.05) is 19.3 Å². The van der Waals surface area contributed by atoms with Crippen molar-refractivity contribution in [1.82, 2.24) is 0 Å². The molecule has 0 aliphatic heterocycles. The predicted octanol–water partition coefficient (Wildman–Crippen LogP) is 17.8. The van der Waals surface area contributed by atoms with Crippen LogP contribution in [0.25, 0.3) is 0 Å². The van der Waals surface area contributed by atoms with Gasteiger partial charge in [0.2, 0.25) is 0 Å². The molecule has 0 aromatic rings. The fourth-order valence-corrected chi connectivity index (χ4v) is 7.02. The van der Waals surface area contributed by atoms with Crippen molar-refractivity contribution in [3.8, 4) is 0 Å². The van der Waals surface area contributed by atoms with Crippen molar-refractivity contribution in [2.45, 2.75) is 245 Å². The minimum absolute atomic E-state index is 0.100. The summed E-state index contributed by atoms with van der Waals surface area (Å²) in [7, 11) is 0. The van der Waals surface area contributed by atoms with Crippen LogP contribution in [0.5, 0.6) is 0 Å². The Labute approximate surface area is 400 Å². The van der Waals surface area contributed by atoms with Crippen LogP contribution in [0, 0.1) is 0 Å². The lowest BCUT2D eigenvalue weighted by Crippen LogP contribution is -2.30. The Hall–Kier alpha value is -3.67. The van der Waals surface area contributed by atoms with E-state index in [1.807, 2.05) is 0 Å². The Balaban J connectivity index is 4.48. The summed E-state index contributed by atoms with van der Waals surface area (Å²) in [5, 5.41) is 0. The van der Waals surface area contributed by atoms with Crippen LogP contribution in [-0.4, -0.2) is 37.2 Å². The molecule has 0 spiro atoms. The van der Waals surface area contributed by atoms with Crippen molar-refractivity contribution >= 4 is 17.9 Å². The Bertz CT molecular complexity index is 1310. The highest BCUT2D eigenvalue weighted by Crippen LogP contribution is 2.13. The van der Waals surface area contributed by atoms with Crippen molar-refractivity contribution in [2.24, 2.45) is 0 Å². The summed E-state index contributed by atoms with van der Waals surface area (Å²) < 4.78 is 16.8. The average molecular weight is 903 g/mol. The molecule has 370 valence electrons. The molecule has 0 aliphatic rings. The Kier molecular flexibility index (Phi) is 50.0. The molecule has 0 amide bonds. The summed E-state index contributed by atoms with van der Waals surface area (Å²) in [5.41, 5.74) is 0. The molecule has 0 heterocycles. The summed E-state index contributed by atoms with van der Waals surface area (Å²) >= 11 is 0. The number of hydrogen-bond acceptors (Lipinski definition) is 6. The molecule has 0 aliphatic carbocycles. The zero-order valence-electron chi connectivity index (χ0n) is 42.2. The molecule has 65 heavy (non-hydrogen) atoms. The van der Waals surface area contributed by atoms with E-state index in [2.05, 4.69) is 118 Å². The van der Waals surface area contributed by atoms with E-state index in [-0.39, 0.29) is 31.1 Å². The maximum Gasteiger partial charge on any atom is 0.306 e. The third-order valence-electron chi connectivity index (χ3n) is 11.0. The first-order valence-corrected chi connectivity index (χ1v) is 26.7. The van der Waals surface area contributed by atoms with Gasteiger partial charge in [-0.3, -0.25) is 14.4 Å². The zero-order chi connectivity index (χ0) is 47.2. The summed E-state index contributed by atoms with van der Waals surface area (Å²) in [6.07, 6.45) is 69.6. The topological polar surface area (TPSA) is 78.9 Å². The normalized spacial score (nSPS) is 12.8. The van der Waals surface area contributed by atoms with Crippen molar-refractivity contribution in [3.63, 3.8) is 0 Å². The molecule has 0 bridgehead atoms. The first-order chi connectivity index (χ1) is 32.0. The summed E-state index contributed by atoms with van der Waals surface area (Å²) in [5.74, 6) is -0.959. The second-order valence-electron chi connectivity index (χ2n) is 17.4. The van der Waals surface area contributed by atoms with Crippen molar-refractivity contribution in [3.05, 3.63) is 97.2 Å². The largest absolute Gasteiger partial charge is 0.462 e. The monoisotopic (exact) mass is 903 g/mol. The molecule has 0 rings (SSSR count). The predicted molar refractivity (Wildman–Crippen MR) is 279 cm³/mol. The minimum atomic E-state index is -0.804. The Morgan fingerprint density at radius 2 is 0.600 bits per heavy atom. The highest BCUT2D eigenvalue weighted by atomic mass is 16.6. The summed E-state index contributed by atoms with van der Waals surface area (Å²) in [4.78, 5) is 38.0. The van der Waals surface area contributed by atoms with Crippen molar-refractivity contribution in [2.75, 3.05) is 13.2 Å². The third-order valence-corrected chi connectivity index (χ3v) is 11.0. The smallest absolute Gasteiger partial charge is 0.306 e. The molecule has 6 heteroatoms. The minimum Gasteiger partial charge on any atom is -0.462 e. The van der Waals surface area contributed by atoms with Gasteiger partial charge in [0.1, 0.15) is 13.2 Å². The third kappa shape index (κ3) is 51.2. The van der Waals surface area contributed by atoms with Gasteiger partial charge in [-0.25, -0.2) is 0 Å². The lowest BCUT2D eigenvalue weighted by Gasteiger charge is -2.18. The van der Waals surface area contributed by atoms with Gasteiger partial charge in [-0.1, -0.05) is 195 Å². The first kappa shape index (κ1) is 61.3. The maximum atomic E-state index is 12.8. The average Bonchev–Trinajstić information content (AvgIpc) is 3.30. The molecule has 0 saturated heterocycles. The van der Waals surface area contributed by atoms with E-state index in [9.17, 15) is 14.4 Å². The van der Waals surface area contributed by atoms with Gasteiger partial charge in [-0.2, -0.15) is 0 Å². The SMILES string of the molecule is CC/C=C\C/C=C\C/C=C\CCCCCCCC(=O)O[C@@H](COC(=O)CCCCC/C=C\C/C=C\C/C=C\C/C=C\CCCCC)COC(=O)CCCCCCC/C=C\CCCCCC. The van der Waals surface area contributed by atoms with E-state index in [4.69, 9.17) is 14.2 Å². The highest BCUT2D eigenvalue weighted by molar-refractivity contribution is 5.71. The number of hydrogen-bond donors (Lipinski definition) is 0. The number of rotatable bonds is 47. The van der Waals surface area contributed by atoms with Gasteiger partial charge in [0.15, 0.2) is 6.10 Å². The van der Waals surface area contributed by atoms with E-state index in [1.54, 1.807) is 0 Å². The maximum absolute atomic E-state index is 12.8. The van der Waals surface area contributed by atoms with Crippen LogP contribution < -0.4 is 0 Å². The zero-order valence-corrected chi connectivity index (χ0v) is 42.2. The van der Waals surface area contributed by atoms with E-state index < -0.39 is 6.10 Å². The van der Waals surface area contributed by atoms with Crippen molar-refractivity contribution in [1.29, 1.82) is 0 Å². The van der Waals surface area contributed by atoms with Crippen LogP contribution in [0.2, 0.25) is 0 Å². The molecule has 0 saturated carbocycles. The quantitative estimate of drug-likeness (QED) is 0.0262. The fraction of sp³-hybridized carbons (Fsp3) is 0.678. The molecule has 1 atom stereocenters. The molecule has 0 aromatic heterocycles. The lowest BCUT2D eigenvalue weighted by atomic mass is 10.1. The van der Waals surface area contributed by atoms with E-state index in [0.717, 1.165) is 135 Å². The molecule has 6 nitrogen and oxygen atoms in total. The van der Waals surface area contributed by atoms with Gasteiger partial charge in [-0.15, -0.1) is 0 Å². The standard InChI is InChI=1S/C59H98O6/c1-4-7-10-13-16-19-22-25-27-28-29-30-32-34-37-40-43-46-49-52-58(61)64-55-56(54-63-57(60)51-48-45-42-39-36-33-24-21-18-15-12-9-6-3)65-59(62)53-50-47-44-41-38-35-31-26-23-20-17-14-11-8-5-2/h8,11,16-17,19-21,24-27,29-31,34,37,56H,4-7,9-10,12-15,18,22-23,28,32-33,35-36,38-55H2,1-3H3/b11-8-,19-16-,20-17-,24-21-,27-25-,30-29-,31-26-,37-34-/t56-/m1/s1. The van der Waals surface area contributed by atoms with E-state index >= 15 is 0 Å². The molecule has 0 radical (unpaired) electrons. The van der Waals surface area contributed by atoms with Crippen molar-refractivity contribution < 1.29 is 28.6 Å². The molecule has 0 aromatic carbocycles. The first-order valence-electron chi connectivity index (χ1n) is 26.7. The summed E-state index contributed by atoms with van der Waals surface area (Å²) in [6, 6.07) is 0. The number of allylic oxidation sites excluding steroid dienone is 16. The molecular weight excluding hydrogens is 805 g/mol. The van der Waals surface area contributed by atoms with E-state index in [1.165, 1.54) is 64.2 Å². The molecule has 0 N–H and O–H groups in total. The molecule has 0 fully saturated rings. The van der Waals surface area contributed by atoms with Gasteiger partial charge in [-0.05, 0) is 122 Å². The van der Waals surface area contributed by atoms with Crippen LogP contribution in [0.1, 0.15) is 239 Å². The van der Waals surface area contributed by atoms with Gasteiger partial charge in [0.25, 0.3) is 0 Å². The Morgan fingerprint density at radius 3 is 1.00 bits per heavy atom. The fourth-order valence-electron chi connectivity index (χ4n) is 7.02. The highest BCUT2D eigenvalue weighted by Gasteiger charge is 2.19. The van der Waals surface area contributed by atoms with Crippen LogP contribution >= 0.6 is 0 Å².